The van der Waals surface area contributed by atoms with Crippen molar-refractivity contribution in [2.45, 2.75) is 6.18 Å². The molecule has 22 heavy (non-hydrogen) atoms. The number of hydrogen-bond donors (Lipinski definition) is 1. The summed E-state index contributed by atoms with van der Waals surface area (Å²) in [6.07, 6.45) is -4.52. The number of fused-ring (bicyclic) bond motifs is 1. The maximum absolute atomic E-state index is 12.6. The number of methoxy groups -OCH3 is 1. The minimum Gasteiger partial charge on any atom is -0.506 e. The number of nitrogens with zero attached hydrogens (tertiary/aromatic N) is 3. The topological polar surface area (TPSA) is 60.2 Å². The summed E-state index contributed by atoms with van der Waals surface area (Å²) in [5.74, 6) is 0.0262. The van der Waals surface area contributed by atoms with Crippen molar-refractivity contribution in [3.8, 4) is 17.2 Å². The molecule has 114 valence electrons. The third kappa shape index (κ3) is 2.43. The van der Waals surface area contributed by atoms with Crippen LogP contribution in [0.4, 0.5) is 13.2 Å². The van der Waals surface area contributed by atoms with E-state index in [2.05, 4.69) is 10.2 Å². The average Bonchev–Trinajstić information content (AvgIpc) is 2.88. The first-order valence-corrected chi connectivity index (χ1v) is 6.20. The van der Waals surface area contributed by atoms with Crippen molar-refractivity contribution in [2.24, 2.45) is 0 Å². The average molecular weight is 309 g/mol. The zero-order valence-electron chi connectivity index (χ0n) is 11.3. The molecule has 1 heterocycles. The number of alkyl halides is 3. The van der Waals surface area contributed by atoms with Gasteiger partial charge in [-0.25, -0.2) is 0 Å². The highest BCUT2D eigenvalue weighted by Crippen LogP contribution is 2.33. The summed E-state index contributed by atoms with van der Waals surface area (Å²) in [6, 6.07) is 7.62. The van der Waals surface area contributed by atoms with Crippen LogP contribution in [0.15, 0.2) is 36.4 Å². The van der Waals surface area contributed by atoms with Crippen molar-refractivity contribution in [1.29, 1.82) is 0 Å². The molecule has 8 heteroatoms. The first-order chi connectivity index (χ1) is 10.4. The molecular formula is C14H10F3N3O2. The minimum atomic E-state index is -4.52. The fourth-order valence-electron chi connectivity index (χ4n) is 2.00. The number of phenols is 1. The van der Waals surface area contributed by atoms with Gasteiger partial charge in [-0.1, -0.05) is 0 Å². The van der Waals surface area contributed by atoms with E-state index in [1.807, 2.05) is 0 Å². The number of hydrogen-bond acceptors (Lipinski definition) is 4. The Hall–Kier alpha value is -2.77. The molecule has 0 aliphatic carbocycles. The highest BCUT2D eigenvalue weighted by molar-refractivity contribution is 5.75. The van der Waals surface area contributed by atoms with Crippen molar-refractivity contribution in [2.75, 3.05) is 7.11 Å². The Morgan fingerprint density at radius 2 is 1.77 bits per heavy atom. The summed E-state index contributed by atoms with van der Waals surface area (Å²) in [4.78, 5) is 1.08. The van der Waals surface area contributed by atoms with Crippen LogP contribution in [0.3, 0.4) is 0 Å². The third-order valence-corrected chi connectivity index (χ3v) is 3.11. The van der Waals surface area contributed by atoms with E-state index in [0.29, 0.717) is 22.8 Å². The molecule has 0 aliphatic rings. The third-order valence-electron chi connectivity index (χ3n) is 3.11. The van der Waals surface area contributed by atoms with Gasteiger partial charge in [0.2, 0.25) is 0 Å². The van der Waals surface area contributed by atoms with Gasteiger partial charge in [-0.15, -0.1) is 15.0 Å². The second-order valence-electron chi connectivity index (χ2n) is 4.55. The van der Waals surface area contributed by atoms with Crippen molar-refractivity contribution in [1.82, 2.24) is 15.0 Å². The Bertz CT molecular complexity index is 843. The van der Waals surface area contributed by atoms with E-state index < -0.39 is 17.5 Å². The van der Waals surface area contributed by atoms with E-state index in [1.165, 1.54) is 7.11 Å². The first kappa shape index (κ1) is 14.2. The minimum absolute atomic E-state index is 0.0585. The van der Waals surface area contributed by atoms with Gasteiger partial charge in [-0.2, -0.15) is 13.2 Å². The molecular weight excluding hydrogens is 299 g/mol. The lowest BCUT2D eigenvalue weighted by Gasteiger charge is -2.09. The Labute approximate surface area is 122 Å². The SMILES string of the molecule is COc1ccc2nn(-c3ccc(C(F)(F)F)cc3O)nc2c1. The zero-order chi connectivity index (χ0) is 15.9. The predicted molar refractivity (Wildman–Crippen MR) is 72.1 cm³/mol. The van der Waals surface area contributed by atoms with Gasteiger partial charge < -0.3 is 9.84 Å². The van der Waals surface area contributed by atoms with Crippen LogP contribution >= 0.6 is 0 Å². The number of aromatic hydroxyl groups is 1. The quantitative estimate of drug-likeness (QED) is 0.790. The lowest BCUT2D eigenvalue weighted by atomic mass is 10.2. The molecule has 0 radical (unpaired) electrons. The maximum atomic E-state index is 12.6. The van der Waals surface area contributed by atoms with Crippen molar-refractivity contribution in [3.05, 3.63) is 42.0 Å². The van der Waals surface area contributed by atoms with E-state index in [9.17, 15) is 18.3 Å². The van der Waals surface area contributed by atoms with Crippen LogP contribution in [-0.2, 0) is 6.18 Å². The fourth-order valence-corrected chi connectivity index (χ4v) is 2.00. The molecule has 3 aromatic rings. The molecule has 2 aromatic carbocycles. The van der Waals surface area contributed by atoms with E-state index in [-0.39, 0.29) is 5.69 Å². The molecule has 0 spiro atoms. The molecule has 0 atom stereocenters. The number of rotatable bonds is 2. The summed E-state index contributed by atoms with van der Waals surface area (Å²) in [5, 5.41) is 18.1. The largest absolute Gasteiger partial charge is 0.506 e. The van der Waals surface area contributed by atoms with Gasteiger partial charge in [0.1, 0.15) is 28.2 Å². The molecule has 0 amide bonds. The van der Waals surface area contributed by atoms with Gasteiger partial charge in [0, 0.05) is 6.07 Å². The smallest absolute Gasteiger partial charge is 0.416 e. The summed E-state index contributed by atoms with van der Waals surface area (Å²) in [5.41, 5.74) is 0.147. The molecule has 0 saturated heterocycles. The van der Waals surface area contributed by atoms with Gasteiger partial charge in [0.05, 0.1) is 12.7 Å². The number of aromatic nitrogens is 3. The number of phenolic OH excluding ortho intramolecular Hbond substituents is 1. The molecule has 0 unspecified atom stereocenters. The van der Waals surface area contributed by atoms with E-state index >= 15 is 0 Å². The number of benzene rings is 2. The van der Waals surface area contributed by atoms with Crippen LogP contribution in [0.5, 0.6) is 11.5 Å². The normalized spacial score (nSPS) is 11.8. The molecule has 0 aliphatic heterocycles. The Balaban J connectivity index is 2.07. The highest BCUT2D eigenvalue weighted by Gasteiger charge is 2.31. The van der Waals surface area contributed by atoms with Crippen molar-refractivity contribution < 1.29 is 23.0 Å². The van der Waals surface area contributed by atoms with Crippen LogP contribution in [0.25, 0.3) is 16.7 Å². The van der Waals surface area contributed by atoms with Gasteiger partial charge in [0.25, 0.3) is 0 Å². The van der Waals surface area contributed by atoms with Gasteiger partial charge >= 0.3 is 6.18 Å². The van der Waals surface area contributed by atoms with Crippen LogP contribution in [-0.4, -0.2) is 27.2 Å². The summed E-state index contributed by atoms with van der Waals surface area (Å²) in [6.45, 7) is 0. The van der Waals surface area contributed by atoms with Crippen molar-refractivity contribution in [3.63, 3.8) is 0 Å². The monoisotopic (exact) mass is 309 g/mol. The fraction of sp³-hybridized carbons (Fsp3) is 0.143. The number of ether oxygens (including phenoxy) is 1. The maximum Gasteiger partial charge on any atom is 0.416 e. The summed E-state index contributed by atoms with van der Waals surface area (Å²) in [7, 11) is 1.51. The molecule has 5 nitrogen and oxygen atoms in total. The van der Waals surface area contributed by atoms with Gasteiger partial charge in [-0.3, -0.25) is 0 Å². The van der Waals surface area contributed by atoms with E-state index in [1.54, 1.807) is 18.2 Å². The Morgan fingerprint density at radius 3 is 2.41 bits per heavy atom. The number of halogens is 3. The zero-order valence-corrected chi connectivity index (χ0v) is 11.3. The summed E-state index contributed by atoms with van der Waals surface area (Å²) >= 11 is 0. The second-order valence-corrected chi connectivity index (χ2v) is 4.55. The molecule has 3 rings (SSSR count). The summed E-state index contributed by atoms with van der Waals surface area (Å²) < 4.78 is 42.8. The van der Waals surface area contributed by atoms with Gasteiger partial charge in [-0.05, 0) is 30.3 Å². The molecule has 0 bridgehead atoms. The lowest BCUT2D eigenvalue weighted by molar-refractivity contribution is -0.137. The van der Waals surface area contributed by atoms with Crippen LogP contribution in [0, 0.1) is 0 Å². The van der Waals surface area contributed by atoms with E-state index in [0.717, 1.165) is 16.9 Å². The second kappa shape index (κ2) is 4.90. The highest BCUT2D eigenvalue weighted by atomic mass is 19.4. The molecule has 0 saturated carbocycles. The molecule has 1 aromatic heterocycles. The van der Waals surface area contributed by atoms with Crippen molar-refractivity contribution >= 4 is 11.0 Å². The molecule has 0 fully saturated rings. The Kier molecular flexibility index (Phi) is 3.16. The van der Waals surface area contributed by atoms with Crippen LogP contribution < -0.4 is 4.74 Å². The van der Waals surface area contributed by atoms with Crippen LogP contribution in [0.2, 0.25) is 0 Å². The van der Waals surface area contributed by atoms with Gasteiger partial charge in [0.15, 0.2) is 0 Å². The Morgan fingerprint density at radius 1 is 1.05 bits per heavy atom. The first-order valence-electron chi connectivity index (χ1n) is 6.20. The predicted octanol–water partition coefficient (Wildman–Crippen LogP) is 3.15. The standard InChI is InChI=1S/C14H10F3N3O2/c1-22-9-3-4-10-11(7-9)19-20(18-10)12-5-2-8(6-13(12)21)14(15,16)17/h2-7,21H,1H3. The van der Waals surface area contributed by atoms with E-state index in [4.69, 9.17) is 4.74 Å². The molecule has 1 N–H and O–H groups in total. The van der Waals surface area contributed by atoms with Crippen LogP contribution in [0.1, 0.15) is 5.56 Å². The lowest BCUT2D eigenvalue weighted by Crippen LogP contribution is -2.06.